The lowest BCUT2D eigenvalue weighted by Gasteiger charge is -2.37. The van der Waals surface area contributed by atoms with Crippen molar-refractivity contribution in [2.45, 2.75) is 58.5 Å². The summed E-state index contributed by atoms with van der Waals surface area (Å²) in [4.78, 5) is 14.4. The fourth-order valence-corrected chi connectivity index (χ4v) is 2.51. The molecule has 2 atom stereocenters. The normalized spacial score (nSPS) is 23.7. The first-order valence-electron chi connectivity index (χ1n) is 7.00. The van der Waals surface area contributed by atoms with E-state index >= 15 is 0 Å². The van der Waals surface area contributed by atoms with Gasteiger partial charge in [-0.25, -0.2) is 0 Å². The Morgan fingerprint density at radius 2 is 2.17 bits per heavy atom. The third kappa shape index (κ3) is 4.94. The van der Waals surface area contributed by atoms with E-state index in [1.807, 2.05) is 27.7 Å². The van der Waals surface area contributed by atoms with Crippen LogP contribution in [0.2, 0.25) is 0 Å². The van der Waals surface area contributed by atoms with Crippen LogP contribution in [0.15, 0.2) is 0 Å². The molecule has 0 aromatic carbocycles. The monoisotopic (exact) mass is 256 g/mol. The Hall–Kier alpha value is -0.610. The Morgan fingerprint density at radius 1 is 1.50 bits per heavy atom. The maximum absolute atomic E-state index is 12.1. The van der Waals surface area contributed by atoms with Crippen LogP contribution in [0.4, 0.5) is 0 Å². The molecule has 1 amide bonds. The zero-order valence-electron chi connectivity index (χ0n) is 12.2. The number of likely N-dealkylation sites (tertiary alicyclic amines) is 1. The highest BCUT2D eigenvalue weighted by Gasteiger charge is 2.28. The highest BCUT2D eigenvalue weighted by Crippen LogP contribution is 2.21. The number of rotatable bonds is 4. The van der Waals surface area contributed by atoms with Gasteiger partial charge in [-0.1, -0.05) is 0 Å². The number of carbonyl (C=O) groups is 1. The molecule has 1 fully saturated rings. The minimum absolute atomic E-state index is 0.0780. The molecule has 1 heterocycles. The van der Waals surface area contributed by atoms with Gasteiger partial charge in [0.2, 0.25) is 5.91 Å². The van der Waals surface area contributed by atoms with Gasteiger partial charge < -0.3 is 10.4 Å². The largest absolute Gasteiger partial charge is 0.396 e. The van der Waals surface area contributed by atoms with E-state index in [1.54, 1.807) is 0 Å². The van der Waals surface area contributed by atoms with E-state index < -0.39 is 0 Å². The van der Waals surface area contributed by atoms with Gasteiger partial charge in [-0.05, 0) is 59.4 Å². The molecule has 1 saturated heterocycles. The van der Waals surface area contributed by atoms with Gasteiger partial charge in [-0.3, -0.25) is 9.69 Å². The predicted molar refractivity (Wildman–Crippen MR) is 73.4 cm³/mol. The number of nitrogens with zero attached hydrogens (tertiary/aromatic N) is 1. The second kappa shape index (κ2) is 6.53. The van der Waals surface area contributed by atoms with Crippen LogP contribution in [-0.2, 0) is 4.79 Å². The van der Waals surface area contributed by atoms with Crippen molar-refractivity contribution in [1.82, 2.24) is 10.2 Å². The van der Waals surface area contributed by atoms with Crippen molar-refractivity contribution in [1.29, 1.82) is 0 Å². The lowest BCUT2D eigenvalue weighted by atomic mass is 9.94. The van der Waals surface area contributed by atoms with Gasteiger partial charge in [0, 0.05) is 18.7 Å². The maximum atomic E-state index is 12.1. The molecule has 2 N–H and O–H groups in total. The molecule has 18 heavy (non-hydrogen) atoms. The molecule has 1 aliphatic heterocycles. The standard InChI is InChI=1S/C14H28N2O2/c1-11(13(18)15-14(2,3)4)16-8-5-6-12(10-16)7-9-17/h11-12,17H,5-10H2,1-4H3,(H,15,18). The van der Waals surface area contributed by atoms with E-state index in [0.717, 1.165) is 25.9 Å². The zero-order valence-corrected chi connectivity index (χ0v) is 12.2. The minimum Gasteiger partial charge on any atom is -0.396 e. The number of amides is 1. The first-order chi connectivity index (χ1) is 8.33. The molecule has 1 rings (SSSR count). The summed E-state index contributed by atoms with van der Waals surface area (Å²) in [5.74, 6) is 0.640. The zero-order chi connectivity index (χ0) is 13.8. The molecule has 4 nitrogen and oxygen atoms in total. The quantitative estimate of drug-likeness (QED) is 0.799. The molecular formula is C14H28N2O2. The van der Waals surface area contributed by atoms with Gasteiger partial charge in [-0.15, -0.1) is 0 Å². The summed E-state index contributed by atoms with van der Waals surface area (Å²) < 4.78 is 0. The average Bonchev–Trinajstić information content (AvgIpc) is 2.26. The molecule has 0 saturated carbocycles. The number of hydrogen-bond donors (Lipinski definition) is 2. The van der Waals surface area contributed by atoms with Gasteiger partial charge in [0.25, 0.3) is 0 Å². The van der Waals surface area contributed by atoms with Crippen LogP contribution in [-0.4, -0.2) is 47.2 Å². The molecule has 0 radical (unpaired) electrons. The Morgan fingerprint density at radius 3 is 2.72 bits per heavy atom. The van der Waals surface area contributed by atoms with Crippen LogP contribution >= 0.6 is 0 Å². The second-order valence-corrected chi connectivity index (χ2v) is 6.43. The molecule has 0 spiro atoms. The van der Waals surface area contributed by atoms with Crippen LogP contribution < -0.4 is 5.32 Å². The van der Waals surface area contributed by atoms with Crippen molar-refractivity contribution in [2.24, 2.45) is 5.92 Å². The van der Waals surface area contributed by atoms with Crippen molar-refractivity contribution in [3.05, 3.63) is 0 Å². The highest BCUT2D eigenvalue weighted by atomic mass is 16.3. The number of nitrogens with one attached hydrogen (secondary N) is 1. The van der Waals surface area contributed by atoms with Crippen molar-refractivity contribution in [3.63, 3.8) is 0 Å². The van der Waals surface area contributed by atoms with Gasteiger partial charge in [0.05, 0.1) is 6.04 Å². The number of piperidine rings is 1. The lowest BCUT2D eigenvalue weighted by molar-refractivity contribution is -0.128. The highest BCUT2D eigenvalue weighted by molar-refractivity contribution is 5.81. The third-order valence-electron chi connectivity index (χ3n) is 3.51. The van der Waals surface area contributed by atoms with E-state index in [9.17, 15) is 4.79 Å². The molecule has 0 bridgehead atoms. The summed E-state index contributed by atoms with van der Waals surface area (Å²) in [6.45, 7) is 10.1. The molecule has 1 aliphatic rings. The number of aliphatic hydroxyl groups is 1. The predicted octanol–water partition coefficient (Wildman–Crippen LogP) is 1.38. The number of carbonyl (C=O) groups excluding carboxylic acids is 1. The van der Waals surface area contributed by atoms with Gasteiger partial charge >= 0.3 is 0 Å². The van der Waals surface area contributed by atoms with Crippen molar-refractivity contribution < 1.29 is 9.90 Å². The molecule has 106 valence electrons. The number of hydrogen-bond acceptors (Lipinski definition) is 3. The van der Waals surface area contributed by atoms with Gasteiger partial charge in [-0.2, -0.15) is 0 Å². The summed E-state index contributed by atoms with van der Waals surface area (Å²) in [7, 11) is 0. The fourth-order valence-electron chi connectivity index (χ4n) is 2.51. The van der Waals surface area contributed by atoms with Crippen molar-refractivity contribution >= 4 is 5.91 Å². The SMILES string of the molecule is CC(C(=O)NC(C)(C)C)N1CCCC(CCO)C1. The van der Waals surface area contributed by atoms with E-state index in [2.05, 4.69) is 10.2 Å². The molecule has 4 heteroatoms. The molecule has 0 aliphatic carbocycles. The van der Waals surface area contributed by atoms with E-state index in [0.29, 0.717) is 5.92 Å². The smallest absolute Gasteiger partial charge is 0.237 e. The van der Waals surface area contributed by atoms with Crippen LogP contribution in [0, 0.1) is 5.92 Å². The lowest BCUT2D eigenvalue weighted by Crippen LogP contribution is -2.53. The Bertz CT molecular complexity index is 271. The fraction of sp³-hybridized carbons (Fsp3) is 0.929. The summed E-state index contributed by atoms with van der Waals surface area (Å²) in [5.41, 5.74) is -0.175. The van der Waals surface area contributed by atoms with Crippen LogP contribution in [0.5, 0.6) is 0 Å². The second-order valence-electron chi connectivity index (χ2n) is 6.43. The first-order valence-corrected chi connectivity index (χ1v) is 7.00. The van der Waals surface area contributed by atoms with Crippen LogP contribution in [0.3, 0.4) is 0 Å². The first kappa shape index (κ1) is 15.4. The topological polar surface area (TPSA) is 52.6 Å². The molecular weight excluding hydrogens is 228 g/mol. The third-order valence-corrected chi connectivity index (χ3v) is 3.51. The summed E-state index contributed by atoms with van der Waals surface area (Å²) >= 11 is 0. The Balaban J connectivity index is 2.50. The van der Waals surface area contributed by atoms with Crippen molar-refractivity contribution in [2.75, 3.05) is 19.7 Å². The molecule has 0 aromatic rings. The molecule has 2 unspecified atom stereocenters. The average molecular weight is 256 g/mol. The van der Waals surface area contributed by atoms with E-state index in [-0.39, 0.29) is 24.1 Å². The summed E-state index contributed by atoms with van der Waals surface area (Å²) in [6.07, 6.45) is 3.15. The van der Waals surface area contributed by atoms with Crippen LogP contribution in [0.1, 0.15) is 47.0 Å². The summed E-state index contributed by atoms with van der Waals surface area (Å²) in [5, 5.41) is 12.0. The van der Waals surface area contributed by atoms with Crippen LogP contribution in [0.25, 0.3) is 0 Å². The van der Waals surface area contributed by atoms with E-state index in [1.165, 1.54) is 6.42 Å². The van der Waals surface area contributed by atoms with Gasteiger partial charge in [0.1, 0.15) is 0 Å². The summed E-state index contributed by atoms with van der Waals surface area (Å²) in [6, 6.07) is -0.0780. The Kier molecular flexibility index (Phi) is 5.60. The number of aliphatic hydroxyl groups excluding tert-OH is 1. The molecule has 0 aromatic heterocycles. The minimum atomic E-state index is -0.175. The Labute approximate surface area is 111 Å². The van der Waals surface area contributed by atoms with Crippen molar-refractivity contribution in [3.8, 4) is 0 Å². The maximum Gasteiger partial charge on any atom is 0.237 e. The van der Waals surface area contributed by atoms with Gasteiger partial charge in [0.15, 0.2) is 0 Å². The van der Waals surface area contributed by atoms with E-state index in [4.69, 9.17) is 5.11 Å².